The molecule has 0 spiro atoms. The summed E-state index contributed by atoms with van der Waals surface area (Å²) in [4.78, 5) is 27.8. The van der Waals surface area contributed by atoms with Crippen LogP contribution < -0.4 is 9.62 Å². The van der Waals surface area contributed by atoms with E-state index in [1.54, 1.807) is 43.3 Å². The minimum atomic E-state index is -3.81. The van der Waals surface area contributed by atoms with Crippen LogP contribution in [-0.2, 0) is 26.2 Å². The third-order valence-corrected chi connectivity index (χ3v) is 8.09. The normalized spacial score (nSPS) is 12.4. The first-order valence-electron chi connectivity index (χ1n) is 11.0. The molecule has 7 nitrogen and oxygen atoms in total. The molecule has 1 atom stereocenters. The average Bonchev–Trinajstić information content (AvgIpc) is 2.76. The van der Waals surface area contributed by atoms with Gasteiger partial charge in [0.1, 0.15) is 12.6 Å². The Labute approximate surface area is 225 Å². The first kappa shape index (κ1) is 29.4. The zero-order chi connectivity index (χ0) is 26.5. The molecule has 0 saturated heterocycles. The first-order chi connectivity index (χ1) is 16.2. The lowest BCUT2D eigenvalue weighted by atomic mass is 10.1. The smallest absolute Gasteiger partial charge is 0.244 e. The second-order valence-corrected chi connectivity index (χ2v) is 12.3. The number of carbonyl (C=O) groups excluding carboxylic acids is 2. The molecule has 0 radical (unpaired) electrons. The maximum Gasteiger partial charge on any atom is 0.244 e. The van der Waals surface area contributed by atoms with Gasteiger partial charge in [-0.15, -0.1) is 0 Å². The summed E-state index contributed by atoms with van der Waals surface area (Å²) < 4.78 is 27.1. The van der Waals surface area contributed by atoms with E-state index in [1.807, 2.05) is 20.8 Å². The highest BCUT2D eigenvalue weighted by molar-refractivity contribution is 9.10. The van der Waals surface area contributed by atoms with Crippen LogP contribution in [0.2, 0.25) is 10.0 Å². The average molecular weight is 607 g/mol. The fraction of sp³-hybridized carbons (Fsp3) is 0.417. The minimum absolute atomic E-state index is 0.0649. The molecule has 0 fully saturated rings. The van der Waals surface area contributed by atoms with Crippen molar-refractivity contribution < 1.29 is 18.0 Å². The Hall–Kier alpha value is -1.81. The number of rotatable bonds is 10. The van der Waals surface area contributed by atoms with Crippen molar-refractivity contribution in [3.8, 4) is 0 Å². The van der Waals surface area contributed by atoms with E-state index < -0.39 is 28.5 Å². The van der Waals surface area contributed by atoms with Crippen LogP contribution in [0.1, 0.15) is 31.9 Å². The van der Waals surface area contributed by atoms with Gasteiger partial charge in [-0.1, -0.05) is 59.0 Å². The van der Waals surface area contributed by atoms with Crippen LogP contribution in [0.15, 0.2) is 40.9 Å². The van der Waals surface area contributed by atoms with Crippen LogP contribution in [-0.4, -0.2) is 50.5 Å². The van der Waals surface area contributed by atoms with Crippen LogP contribution in [0.5, 0.6) is 0 Å². The molecule has 192 valence electrons. The predicted molar refractivity (Wildman–Crippen MR) is 145 cm³/mol. The molecule has 0 aromatic heterocycles. The van der Waals surface area contributed by atoms with Gasteiger partial charge in [0.25, 0.3) is 0 Å². The summed E-state index contributed by atoms with van der Waals surface area (Å²) in [6, 6.07) is 9.06. The molecule has 0 aliphatic rings. The zero-order valence-electron chi connectivity index (χ0n) is 20.3. The van der Waals surface area contributed by atoms with Crippen LogP contribution in [0.4, 0.5) is 5.69 Å². The van der Waals surface area contributed by atoms with E-state index in [9.17, 15) is 18.0 Å². The van der Waals surface area contributed by atoms with Gasteiger partial charge in [0.05, 0.1) is 11.9 Å². The number of anilines is 1. The molecule has 1 N–H and O–H groups in total. The second kappa shape index (κ2) is 12.4. The van der Waals surface area contributed by atoms with E-state index in [0.29, 0.717) is 27.8 Å². The molecular formula is C24H30BrCl2N3O4S. The molecule has 35 heavy (non-hydrogen) atoms. The van der Waals surface area contributed by atoms with Crippen molar-refractivity contribution in [3.63, 3.8) is 0 Å². The summed E-state index contributed by atoms with van der Waals surface area (Å²) >= 11 is 16.1. The summed E-state index contributed by atoms with van der Waals surface area (Å²) in [5.41, 5.74) is 1.62. The predicted octanol–water partition coefficient (Wildman–Crippen LogP) is 5.02. The SMILES string of the molecule is Cc1cc(N(CC(=O)N(Cc2c(Cl)cccc2Cl)[C@H](C)C(=O)NCC(C)C)S(C)(=O)=O)ccc1Br. The topological polar surface area (TPSA) is 86.8 Å². The Kier molecular flexibility index (Phi) is 10.4. The summed E-state index contributed by atoms with van der Waals surface area (Å²) in [5, 5.41) is 3.51. The van der Waals surface area contributed by atoms with Crippen molar-refractivity contribution in [2.24, 2.45) is 5.92 Å². The zero-order valence-corrected chi connectivity index (χ0v) is 24.2. The summed E-state index contributed by atoms with van der Waals surface area (Å²) in [6.07, 6.45) is 1.03. The lowest BCUT2D eigenvalue weighted by molar-refractivity contribution is -0.139. The van der Waals surface area contributed by atoms with Crippen LogP contribution in [0.25, 0.3) is 0 Å². The number of nitrogens with zero attached hydrogens (tertiary/aromatic N) is 2. The quantitative estimate of drug-likeness (QED) is 0.411. The minimum Gasteiger partial charge on any atom is -0.354 e. The molecule has 0 saturated carbocycles. The highest BCUT2D eigenvalue weighted by Crippen LogP contribution is 2.28. The number of sulfonamides is 1. The molecule has 2 aromatic rings. The molecule has 0 unspecified atom stereocenters. The van der Waals surface area contributed by atoms with Gasteiger partial charge in [0, 0.05) is 33.2 Å². The van der Waals surface area contributed by atoms with E-state index in [0.717, 1.165) is 20.6 Å². The Morgan fingerprint density at radius 1 is 1.09 bits per heavy atom. The molecular weight excluding hydrogens is 577 g/mol. The van der Waals surface area contributed by atoms with E-state index >= 15 is 0 Å². The molecule has 0 bridgehead atoms. The van der Waals surface area contributed by atoms with Gasteiger partial charge >= 0.3 is 0 Å². The molecule has 2 amide bonds. The van der Waals surface area contributed by atoms with Crippen molar-refractivity contribution in [1.82, 2.24) is 10.2 Å². The van der Waals surface area contributed by atoms with E-state index in [-0.39, 0.29) is 18.4 Å². The number of hydrogen-bond donors (Lipinski definition) is 1. The van der Waals surface area contributed by atoms with Crippen molar-refractivity contribution >= 4 is 66.7 Å². The first-order valence-corrected chi connectivity index (χ1v) is 14.4. The van der Waals surface area contributed by atoms with Crippen molar-refractivity contribution in [3.05, 3.63) is 62.0 Å². The number of halogens is 3. The maximum absolute atomic E-state index is 13.6. The summed E-state index contributed by atoms with van der Waals surface area (Å²) in [6.45, 7) is 7.21. The molecule has 11 heteroatoms. The number of amides is 2. The third-order valence-electron chi connectivity index (χ3n) is 5.35. The number of carbonyl (C=O) groups is 2. The lowest BCUT2D eigenvalue weighted by Gasteiger charge is -2.32. The summed E-state index contributed by atoms with van der Waals surface area (Å²) in [7, 11) is -3.81. The van der Waals surface area contributed by atoms with Crippen LogP contribution >= 0.6 is 39.1 Å². The fourth-order valence-corrected chi connectivity index (χ4v) is 4.89. The van der Waals surface area contributed by atoms with Gasteiger partial charge in [-0.2, -0.15) is 0 Å². The number of benzene rings is 2. The van der Waals surface area contributed by atoms with Gasteiger partial charge in [-0.3, -0.25) is 13.9 Å². The van der Waals surface area contributed by atoms with Gasteiger partial charge < -0.3 is 10.2 Å². The maximum atomic E-state index is 13.6. The van der Waals surface area contributed by atoms with Gasteiger partial charge in [0.2, 0.25) is 21.8 Å². The lowest BCUT2D eigenvalue weighted by Crippen LogP contribution is -2.51. The standard InChI is InChI=1S/C24H30BrCl2N3O4S/c1-15(2)12-28-24(32)17(4)29(13-19-21(26)7-6-8-22(19)27)23(31)14-30(35(5,33)34)18-9-10-20(25)16(3)11-18/h6-11,15,17H,12-14H2,1-5H3,(H,28,32)/t17-/m1/s1. The van der Waals surface area contributed by atoms with Gasteiger partial charge in [-0.05, 0) is 55.7 Å². The molecule has 0 aliphatic heterocycles. The number of nitrogens with one attached hydrogen (secondary N) is 1. The fourth-order valence-electron chi connectivity index (χ4n) is 3.29. The van der Waals surface area contributed by atoms with Crippen LogP contribution in [0, 0.1) is 12.8 Å². The summed E-state index contributed by atoms with van der Waals surface area (Å²) in [5.74, 6) is -0.713. The molecule has 0 heterocycles. The molecule has 2 aromatic carbocycles. The van der Waals surface area contributed by atoms with Gasteiger partial charge in [0.15, 0.2) is 0 Å². The van der Waals surface area contributed by atoms with E-state index in [2.05, 4.69) is 21.2 Å². The van der Waals surface area contributed by atoms with E-state index in [1.165, 1.54) is 4.90 Å². The highest BCUT2D eigenvalue weighted by atomic mass is 79.9. The van der Waals surface area contributed by atoms with E-state index in [4.69, 9.17) is 23.2 Å². The Balaban J connectivity index is 2.45. The van der Waals surface area contributed by atoms with Crippen molar-refractivity contribution in [2.75, 3.05) is 23.7 Å². The second-order valence-electron chi connectivity index (χ2n) is 8.74. The third kappa shape index (κ3) is 8.10. The Morgan fingerprint density at radius 2 is 1.69 bits per heavy atom. The Morgan fingerprint density at radius 3 is 2.20 bits per heavy atom. The highest BCUT2D eigenvalue weighted by Gasteiger charge is 2.31. The number of aryl methyl sites for hydroxylation is 1. The molecule has 0 aliphatic carbocycles. The van der Waals surface area contributed by atoms with Crippen LogP contribution in [0.3, 0.4) is 0 Å². The monoisotopic (exact) mass is 605 g/mol. The number of hydrogen-bond acceptors (Lipinski definition) is 4. The molecule has 2 rings (SSSR count). The van der Waals surface area contributed by atoms with Gasteiger partial charge in [-0.25, -0.2) is 8.42 Å². The van der Waals surface area contributed by atoms with Crippen molar-refractivity contribution in [1.29, 1.82) is 0 Å². The largest absolute Gasteiger partial charge is 0.354 e. The Bertz CT molecular complexity index is 1170. The van der Waals surface area contributed by atoms with Crippen molar-refractivity contribution in [2.45, 2.75) is 40.3 Å².